The van der Waals surface area contributed by atoms with Crippen LogP contribution in [0.1, 0.15) is 54.4 Å². The van der Waals surface area contributed by atoms with Gasteiger partial charge in [0.2, 0.25) is 5.91 Å². The van der Waals surface area contributed by atoms with Gasteiger partial charge in [0.1, 0.15) is 11.6 Å². The van der Waals surface area contributed by atoms with Crippen LogP contribution in [0.25, 0.3) is 0 Å². The first-order valence-electron chi connectivity index (χ1n) is 9.94. The standard InChI is InChI=1S/C20H26N4O4/c1-13-19(24-10-4-6-16(24)21-20(13)26)14-5-3-9-23(12-14)18(25)8-7-15-11-17(27-2)22-28-15/h11,14H,3-10,12H2,1-2H3/t14-/m0/s1. The Balaban J connectivity index is 1.46. The molecule has 2 aliphatic heterocycles. The van der Waals surface area contributed by atoms with Gasteiger partial charge in [0.25, 0.3) is 11.4 Å². The Morgan fingerprint density at radius 3 is 3.00 bits per heavy atom. The molecule has 1 saturated heterocycles. The van der Waals surface area contributed by atoms with Crippen LogP contribution in [0.5, 0.6) is 5.88 Å². The number of piperidine rings is 1. The molecule has 1 atom stereocenters. The van der Waals surface area contributed by atoms with Crippen LogP contribution < -0.4 is 10.3 Å². The Bertz CT molecular complexity index is 933. The van der Waals surface area contributed by atoms with Gasteiger partial charge in [-0.05, 0) is 31.3 Å². The first-order valence-corrected chi connectivity index (χ1v) is 9.94. The van der Waals surface area contributed by atoms with Crippen LogP contribution in [0.2, 0.25) is 0 Å². The Morgan fingerprint density at radius 2 is 2.21 bits per heavy atom. The lowest BCUT2D eigenvalue weighted by Gasteiger charge is -2.34. The molecule has 4 rings (SSSR count). The average Bonchev–Trinajstić information content (AvgIpc) is 3.36. The van der Waals surface area contributed by atoms with Crippen LogP contribution in [0.15, 0.2) is 15.4 Å². The SMILES string of the molecule is COc1cc(CCC(=O)N2CCC[C@H](c3c(C)c(=O)nc4n3CCC4)C2)on1. The van der Waals surface area contributed by atoms with E-state index in [0.29, 0.717) is 31.0 Å². The van der Waals surface area contributed by atoms with Gasteiger partial charge in [0.15, 0.2) is 0 Å². The number of fused-ring (bicyclic) bond motifs is 1. The normalized spacial score (nSPS) is 18.9. The minimum Gasteiger partial charge on any atom is -0.479 e. The zero-order chi connectivity index (χ0) is 19.7. The Morgan fingerprint density at radius 1 is 1.36 bits per heavy atom. The van der Waals surface area contributed by atoms with E-state index in [4.69, 9.17) is 9.26 Å². The van der Waals surface area contributed by atoms with Gasteiger partial charge in [0, 0.05) is 62.1 Å². The van der Waals surface area contributed by atoms with Crippen molar-refractivity contribution >= 4 is 5.91 Å². The molecule has 0 bridgehead atoms. The van der Waals surface area contributed by atoms with Gasteiger partial charge in [-0.2, -0.15) is 4.98 Å². The van der Waals surface area contributed by atoms with Crippen molar-refractivity contribution in [3.63, 3.8) is 0 Å². The number of nitrogens with zero attached hydrogens (tertiary/aromatic N) is 4. The van der Waals surface area contributed by atoms with Crippen molar-refractivity contribution in [3.05, 3.63) is 39.3 Å². The lowest BCUT2D eigenvalue weighted by atomic mass is 9.91. The zero-order valence-corrected chi connectivity index (χ0v) is 16.4. The summed E-state index contributed by atoms with van der Waals surface area (Å²) in [6, 6.07) is 1.71. The molecule has 0 N–H and O–H groups in total. The van der Waals surface area contributed by atoms with E-state index >= 15 is 0 Å². The first-order chi connectivity index (χ1) is 13.6. The number of hydrogen-bond acceptors (Lipinski definition) is 6. The summed E-state index contributed by atoms with van der Waals surface area (Å²) in [4.78, 5) is 31.2. The average molecular weight is 386 g/mol. The summed E-state index contributed by atoms with van der Waals surface area (Å²) in [6.45, 7) is 4.20. The summed E-state index contributed by atoms with van der Waals surface area (Å²) in [7, 11) is 1.53. The molecule has 8 nitrogen and oxygen atoms in total. The number of carbonyl (C=O) groups excluding carboxylic acids is 1. The summed E-state index contributed by atoms with van der Waals surface area (Å²) in [5.74, 6) is 2.26. The van der Waals surface area contributed by atoms with Crippen LogP contribution in [0.4, 0.5) is 0 Å². The second kappa shape index (κ2) is 7.77. The molecule has 0 aromatic carbocycles. The van der Waals surface area contributed by atoms with E-state index in [2.05, 4.69) is 14.7 Å². The van der Waals surface area contributed by atoms with Crippen molar-refractivity contribution in [2.75, 3.05) is 20.2 Å². The molecule has 150 valence electrons. The van der Waals surface area contributed by atoms with E-state index in [0.717, 1.165) is 55.9 Å². The number of amides is 1. The third kappa shape index (κ3) is 3.55. The first kappa shape index (κ1) is 18.7. The largest absolute Gasteiger partial charge is 0.479 e. The van der Waals surface area contributed by atoms with Crippen LogP contribution in [-0.2, 0) is 24.2 Å². The van der Waals surface area contributed by atoms with Crippen LogP contribution >= 0.6 is 0 Å². The van der Waals surface area contributed by atoms with Crippen molar-refractivity contribution in [1.29, 1.82) is 0 Å². The van der Waals surface area contributed by atoms with Gasteiger partial charge in [-0.15, -0.1) is 0 Å². The number of methoxy groups -OCH3 is 1. The van der Waals surface area contributed by atoms with Gasteiger partial charge in [0.05, 0.1) is 7.11 Å². The quantitative estimate of drug-likeness (QED) is 0.779. The monoisotopic (exact) mass is 386 g/mol. The molecule has 2 aliphatic rings. The fourth-order valence-corrected chi connectivity index (χ4v) is 4.40. The minimum atomic E-state index is -0.120. The van der Waals surface area contributed by atoms with Crippen LogP contribution in [-0.4, -0.2) is 45.7 Å². The third-order valence-corrected chi connectivity index (χ3v) is 5.81. The number of rotatable bonds is 5. The van der Waals surface area contributed by atoms with Crippen LogP contribution in [0.3, 0.4) is 0 Å². The highest BCUT2D eigenvalue weighted by Gasteiger charge is 2.30. The highest BCUT2D eigenvalue weighted by molar-refractivity contribution is 5.76. The van der Waals surface area contributed by atoms with Gasteiger partial charge in [-0.3, -0.25) is 9.59 Å². The number of likely N-dealkylation sites (tertiary alicyclic amines) is 1. The predicted molar refractivity (Wildman–Crippen MR) is 101 cm³/mol. The molecule has 0 spiro atoms. The molecule has 28 heavy (non-hydrogen) atoms. The lowest BCUT2D eigenvalue weighted by molar-refractivity contribution is -0.132. The maximum Gasteiger partial charge on any atom is 0.276 e. The van der Waals surface area contributed by atoms with Crippen molar-refractivity contribution in [3.8, 4) is 5.88 Å². The molecule has 0 radical (unpaired) electrons. The molecule has 8 heteroatoms. The third-order valence-electron chi connectivity index (χ3n) is 5.81. The van der Waals surface area contributed by atoms with E-state index in [-0.39, 0.29) is 17.4 Å². The Labute approximate surface area is 163 Å². The maximum atomic E-state index is 12.8. The Hall–Kier alpha value is -2.64. The molecular formula is C20H26N4O4. The number of ether oxygens (including phenoxy) is 1. The van der Waals surface area contributed by atoms with E-state index in [1.807, 2.05) is 11.8 Å². The molecule has 4 heterocycles. The molecule has 0 unspecified atom stereocenters. The van der Waals surface area contributed by atoms with Crippen molar-refractivity contribution in [2.45, 2.75) is 57.9 Å². The summed E-state index contributed by atoms with van der Waals surface area (Å²) < 4.78 is 12.4. The topological polar surface area (TPSA) is 90.5 Å². The van der Waals surface area contributed by atoms with Crippen LogP contribution in [0, 0.1) is 6.92 Å². The minimum absolute atomic E-state index is 0.107. The fraction of sp³-hybridized carbons (Fsp3) is 0.600. The molecule has 0 saturated carbocycles. The van der Waals surface area contributed by atoms with Gasteiger partial charge >= 0.3 is 0 Å². The molecule has 0 aliphatic carbocycles. The summed E-state index contributed by atoms with van der Waals surface area (Å²) in [6.07, 6.45) is 4.69. The summed E-state index contributed by atoms with van der Waals surface area (Å²) in [5.41, 5.74) is 1.70. The second-order valence-electron chi connectivity index (χ2n) is 7.61. The van der Waals surface area contributed by atoms with E-state index in [9.17, 15) is 9.59 Å². The molecule has 2 aromatic rings. The molecule has 2 aromatic heterocycles. The number of aromatic nitrogens is 3. The smallest absolute Gasteiger partial charge is 0.276 e. The number of carbonyl (C=O) groups is 1. The number of aryl methyl sites for hydroxylation is 2. The molecular weight excluding hydrogens is 360 g/mol. The molecule has 1 amide bonds. The van der Waals surface area contributed by atoms with Crippen molar-refractivity contribution < 1.29 is 14.1 Å². The van der Waals surface area contributed by atoms with Gasteiger partial charge < -0.3 is 18.7 Å². The number of hydrogen-bond donors (Lipinski definition) is 0. The maximum absolute atomic E-state index is 12.8. The van der Waals surface area contributed by atoms with Gasteiger partial charge in [-0.25, -0.2) is 0 Å². The van der Waals surface area contributed by atoms with E-state index < -0.39 is 0 Å². The molecule has 1 fully saturated rings. The predicted octanol–water partition coefficient (Wildman–Crippen LogP) is 1.83. The van der Waals surface area contributed by atoms with Crippen molar-refractivity contribution in [1.82, 2.24) is 19.6 Å². The van der Waals surface area contributed by atoms with Gasteiger partial charge in [-0.1, -0.05) is 0 Å². The summed E-state index contributed by atoms with van der Waals surface area (Å²) >= 11 is 0. The Kier molecular flexibility index (Phi) is 5.19. The summed E-state index contributed by atoms with van der Waals surface area (Å²) in [5, 5.41) is 3.77. The lowest BCUT2D eigenvalue weighted by Crippen LogP contribution is -2.40. The highest BCUT2D eigenvalue weighted by Crippen LogP contribution is 2.31. The highest BCUT2D eigenvalue weighted by atomic mass is 16.5. The second-order valence-corrected chi connectivity index (χ2v) is 7.61. The van der Waals surface area contributed by atoms with E-state index in [1.54, 1.807) is 6.07 Å². The zero-order valence-electron chi connectivity index (χ0n) is 16.4. The van der Waals surface area contributed by atoms with E-state index in [1.165, 1.54) is 7.11 Å². The van der Waals surface area contributed by atoms with Crippen molar-refractivity contribution in [2.24, 2.45) is 0 Å². The fourth-order valence-electron chi connectivity index (χ4n) is 4.40.